The molecular formula is C6H10ClNO2S. The molecule has 1 fully saturated rings. The van der Waals surface area contributed by atoms with Crippen LogP contribution < -0.4 is 0 Å². The number of aliphatic hydroxyl groups is 1. The monoisotopic (exact) mass is 195 g/mol. The maximum absolute atomic E-state index is 11.0. The number of rotatable bonds is 3. The van der Waals surface area contributed by atoms with E-state index < -0.39 is 6.10 Å². The highest BCUT2D eigenvalue weighted by Gasteiger charge is 2.22. The Morgan fingerprint density at radius 3 is 3.00 bits per heavy atom. The van der Waals surface area contributed by atoms with Crippen LogP contribution in [-0.4, -0.2) is 46.1 Å². The lowest BCUT2D eigenvalue weighted by atomic mass is 10.4. The van der Waals surface area contributed by atoms with Crippen LogP contribution in [-0.2, 0) is 0 Å². The average Bonchev–Trinajstić information content (AvgIpc) is 2.37. The number of hydrogen-bond donors (Lipinski definition) is 1. The largest absolute Gasteiger partial charge is 0.390 e. The number of nitrogens with zero attached hydrogens (tertiary/aromatic N) is 1. The molecule has 1 unspecified atom stereocenters. The lowest BCUT2D eigenvalue weighted by molar-refractivity contribution is 0.150. The third-order valence-electron chi connectivity index (χ3n) is 1.45. The van der Waals surface area contributed by atoms with Crippen molar-refractivity contribution in [2.45, 2.75) is 6.10 Å². The average molecular weight is 196 g/mol. The predicted octanol–water partition coefficient (Wildman–Crippen LogP) is 0.755. The third-order valence-corrected chi connectivity index (χ3v) is 2.70. The van der Waals surface area contributed by atoms with E-state index in [1.54, 1.807) is 4.90 Å². The van der Waals surface area contributed by atoms with E-state index in [1.807, 2.05) is 0 Å². The predicted molar refractivity (Wildman–Crippen MR) is 46.2 cm³/mol. The van der Waals surface area contributed by atoms with Crippen molar-refractivity contribution in [1.82, 2.24) is 4.90 Å². The Labute approximate surface area is 74.7 Å². The van der Waals surface area contributed by atoms with Gasteiger partial charge >= 0.3 is 0 Å². The number of aliphatic hydroxyl groups excluding tert-OH is 1. The van der Waals surface area contributed by atoms with Crippen LogP contribution in [0, 0.1) is 0 Å². The first-order valence-corrected chi connectivity index (χ1v) is 4.92. The van der Waals surface area contributed by atoms with Crippen LogP contribution in [0.15, 0.2) is 0 Å². The van der Waals surface area contributed by atoms with Crippen LogP contribution in [0.5, 0.6) is 0 Å². The third kappa shape index (κ3) is 2.54. The van der Waals surface area contributed by atoms with E-state index in [4.69, 9.17) is 16.7 Å². The number of thioether (sulfide) groups is 1. The fourth-order valence-corrected chi connectivity index (χ4v) is 1.83. The van der Waals surface area contributed by atoms with Gasteiger partial charge in [0.1, 0.15) is 0 Å². The lowest BCUT2D eigenvalue weighted by Gasteiger charge is -2.16. The van der Waals surface area contributed by atoms with Crippen molar-refractivity contribution < 1.29 is 9.90 Å². The van der Waals surface area contributed by atoms with Crippen LogP contribution in [0.25, 0.3) is 0 Å². The van der Waals surface area contributed by atoms with Gasteiger partial charge in [0.2, 0.25) is 0 Å². The summed E-state index contributed by atoms with van der Waals surface area (Å²) in [5.41, 5.74) is 0. The van der Waals surface area contributed by atoms with Crippen molar-refractivity contribution in [2.24, 2.45) is 0 Å². The van der Waals surface area contributed by atoms with Gasteiger partial charge in [-0.05, 0) is 0 Å². The van der Waals surface area contributed by atoms with Gasteiger partial charge < -0.3 is 10.0 Å². The number of alkyl halides is 1. The van der Waals surface area contributed by atoms with Crippen molar-refractivity contribution in [3.8, 4) is 0 Å². The van der Waals surface area contributed by atoms with E-state index >= 15 is 0 Å². The highest BCUT2D eigenvalue weighted by Crippen LogP contribution is 2.17. The summed E-state index contributed by atoms with van der Waals surface area (Å²) < 4.78 is 0. The standard InChI is InChI=1S/C6H10ClNO2S/c7-3-5(9)4-8-1-2-11-6(8)10/h5,9H,1-4H2. The highest BCUT2D eigenvalue weighted by atomic mass is 35.5. The molecule has 11 heavy (non-hydrogen) atoms. The van der Waals surface area contributed by atoms with Crippen LogP contribution in [0.4, 0.5) is 4.79 Å². The van der Waals surface area contributed by atoms with E-state index in [-0.39, 0.29) is 11.1 Å². The van der Waals surface area contributed by atoms with Gasteiger partial charge in [0, 0.05) is 18.8 Å². The molecule has 1 amide bonds. The van der Waals surface area contributed by atoms with Gasteiger partial charge in [-0.3, -0.25) is 4.79 Å². The Morgan fingerprint density at radius 1 is 1.82 bits per heavy atom. The molecular weight excluding hydrogens is 186 g/mol. The summed E-state index contributed by atoms with van der Waals surface area (Å²) in [7, 11) is 0. The number of β-amino-alcohol motifs (C(OH)–C–C–N with tert-alkyl or cyclic N) is 1. The number of amides is 1. The molecule has 0 saturated carbocycles. The Morgan fingerprint density at radius 2 is 2.55 bits per heavy atom. The summed E-state index contributed by atoms with van der Waals surface area (Å²) in [6, 6.07) is 0. The fourth-order valence-electron chi connectivity index (χ4n) is 0.895. The maximum Gasteiger partial charge on any atom is 0.281 e. The van der Waals surface area contributed by atoms with E-state index in [1.165, 1.54) is 11.8 Å². The van der Waals surface area contributed by atoms with Gasteiger partial charge in [-0.15, -0.1) is 11.6 Å². The molecule has 0 aromatic carbocycles. The fraction of sp³-hybridized carbons (Fsp3) is 0.833. The van der Waals surface area contributed by atoms with Crippen molar-refractivity contribution in [3.63, 3.8) is 0 Å². The van der Waals surface area contributed by atoms with Gasteiger partial charge in [0.25, 0.3) is 5.24 Å². The van der Waals surface area contributed by atoms with E-state index in [2.05, 4.69) is 0 Å². The summed E-state index contributed by atoms with van der Waals surface area (Å²) >= 11 is 6.67. The van der Waals surface area contributed by atoms with Gasteiger partial charge in [0.05, 0.1) is 12.0 Å². The maximum atomic E-state index is 11.0. The molecule has 0 spiro atoms. The minimum absolute atomic E-state index is 0.0502. The van der Waals surface area contributed by atoms with E-state index in [9.17, 15) is 4.79 Å². The first-order valence-electron chi connectivity index (χ1n) is 3.39. The second kappa shape index (κ2) is 4.18. The molecule has 0 aliphatic carbocycles. The van der Waals surface area contributed by atoms with Crippen molar-refractivity contribution in [3.05, 3.63) is 0 Å². The lowest BCUT2D eigenvalue weighted by Crippen LogP contribution is -2.33. The van der Waals surface area contributed by atoms with Crippen molar-refractivity contribution >= 4 is 28.6 Å². The molecule has 3 nitrogen and oxygen atoms in total. The summed E-state index contributed by atoms with van der Waals surface area (Å²) in [6.07, 6.45) is -0.584. The summed E-state index contributed by atoms with van der Waals surface area (Å²) in [5, 5.41) is 9.15. The van der Waals surface area contributed by atoms with Gasteiger partial charge in [-0.1, -0.05) is 11.8 Å². The minimum atomic E-state index is -0.584. The number of carbonyl (C=O) groups is 1. The molecule has 1 N–H and O–H groups in total. The molecule has 0 aromatic heterocycles. The summed E-state index contributed by atoms with van der Waals surface area (Å²) in [6.45, 7) is 1.10. The first-order chi connectivity index (χ1) is 5.24. The molecule has 0 aromatic rings. The molecule has 1 rings (SSSR count). The molecule has 1 aliphatic heterocycles. The molecule has 0 radical (unpaired) electrons. The van der Waals surface area contributed by atoms with Gasteiger partial charge in [0.15, 0.2) is 0 Å². The second-order valence-corrected chi connectivity index (χ2v) is 3.72. The quantitative estimate of drug-likeness (QED) is 0.676. The molecule has 5 heteroatoms. The zero-order valence-electron chi connectivity index (χ0n) is 5.99. The first kappa shape index (κ1) is 9.16. The number of hydrogen-bond acceptors (Lipinski definition) is 3. The van der Waals surface area contributed by atoms with Crippen molar-refractivity contribution in [1.29, 1.82) is 0 Å². The zero-order valence-corrected chi connectivity index (χ0v) is 7.57. The molecule has 1 saturated heterocycles. The normalized spacial score (nSPS) is 20.9. The van der Waals surface area contributed by atoms with Gasteiger partial charge in [-0.25, -0.2) is 0 Å². The molecule has 1 atom stereocenters. The minimum Gasteiger partial charge on any atom is -0.390 e. The van der Waals surface area contributed by atoms with E-state index in [0.717, 1.165) is 12.3 Å². The van der Waals surface area contributed by atoms with E-state index in [0.29, 0.717) is 6.54 Å². The van der Waals surface area contributed by atoms with Crippen LogP contribution in [0.1, 0.15) is 0 Å². The Kier molecular flexibility index (Phi) is 3.48. The summed E-state index contributed by atoms with van der Waals surface area (Å²) in [4.78, 5) is 12.6. The van der Waals surface area contributed by atoms with Crippen LogP contribution in [0.2, 0.25) is 0 Å². The molecule has 1 heterocycles. The van der Waals surface area contributed by atoms with Crippen LogP contribution in [0.3, 0.4) is 0 Å². The summed E-state index contributed by atoms with van der Waals surface area (Å²) in [5.74, 6) is 1.02. The highest BCUT2D eigenvalue weighted by molar-refractivity contribution is 8.13. The second-order valence-electron chi connectivity index (χ2n) is 2.37. The van der Waals surface area contributed by atoms with Gasteiger partial charge in [-0.2, -0.15) is 0 Å². The number of halogens is 1. The molecule has 64 valence electrons. The molecule has 0 bridgehead atoms. The molecule has 1 aliphatic rings. The Balaban J connectivity index is 2.30. The Hall–Kier alpha value is 0.0700. The van der Waals surface area contributed by atoms with Crippen LogP contribution >= 0.6 is 23.4 Å². The number of carbonyl (C=O) groups excluding carboxylic acids is 1. The smallest absolute Gasteiger partial charge is 0.281 e. The SMILES string of the molecule is O=C1SCCN1CC(O)CCl. The zero-order chi connectivity index (χ0) is 8.27. The Bertz CT molecular complexity index is 156. The topological polar surface area (TPSA) is 40.5 Å². The van der Waals surface area contributed by atoms with Crippen molar-refractivity contribution in [2.75, 3.05) is 24.7 Å².